The number of carbonyl (C=O) groups excluding carboxylic acids is 1. The summed E-state index contributed by atoms with van der Waals surface area (Å²) in [5.41, 5.74) is 0.165. The standard InChI is InChI=1S/C8H10ClN3O2/c1-3-14-8(13)5-6(9)11-4-12-7(5)10-2/h4H,3H2,1-2H3,(H,10,11,12). The summed E-state index contributed by atoms with van der Waals surface area (Å²) in [5.74, 6) is -0.161. The Morgan fingerprint density at radius 3 is 2.93 bits per heavy atom. The molecule has 0 bridgehead atoms. The van der Waals surface area contributed by atoms with E-state index in [0.29, 0.717) is 5.82 Å². The van der Waals surface area contributed by atoms with E-state index in [1.165, 1.54) is 6.33 Å². The number of nitrogens with zero attached hydrogens (tertiary/aromatic N) is 2. The first-order chi connectivity index (χ1) is 6.70. The molecule has 1 N–H and O–H groups in total. The van der Waals surface area contributed by atoms with Crippen LogP contribution in [0.2, 0.25) is 5.15 Å². The van der Waals surface area contributed by atoms with Gasteiger partial charge in [-0.3, -0.25) is 0 Å². The molecule has 1 heterocycles. The summed E-state index contributed by atoms with van der Waals surface area (Å²) < 4.78 is 4.81. The van der Waals surface area contributed by atoms with E-state index < -0.39 is 5.97 Å². The first kappa shape index (κ1) is 10.7. The van der Waals surface area contributed by atoms with Crippen LogP contribution in [0.4, 0.5) is 5.82 Å². The van der Waals surface area contributed by atoms with Crippen LogP contribution < -0.4 is 5.32 Å². The average molecular weight is 216 g/mol. The number of anilines is 1. The zero-order chi connectivity index (χ0) is 10.6. The lowest BCUT2D eigenvalue weighted by atomic mass is 10.3. The molecule has 1 aromatic heterocycles. The van der Waals surface area contributed by atoms with Crippen molar-refractivity contribution in [3.05, 3.63) is 17.0 Å². The highest BCUT2D eigenvalue weighted by Crippen LogP contribution is 2.19. The highest BCUT2D eigenvalue weighted by atomic mass is 35.5. The summed E-state index contributed by atoms with van der Waals surface area (Å²) in [6.07, 6.45) is 1.27. The zero-order valence-electron chi connectivity index (χ0n) is 7.87. The molecule has 0 unspecified atom stereocenters. The Balaban J connectivity index is 3.10. The van der Waals surface area contributed by atoms with E-state index in [1.54, 1.807) is 14.0 Å². The molecule has 0 aliphatic carbocycles. The third-order valence-corrected chi connectivity index (χ3v) is 1.80. The Kier molecular flexibility index (Phi) is 3.64. The Labute approximate surface area is 86.5 Å². The Bertz CT molecular complexity index is 343. The maximum atomic E-state index is 11.4. The molecule has 1 aromatic rings. The van der Waals surface area contributed by atoms with Gasteiger partial charge in [0.25, 0.3) is 0 Å². The van der Waals surface area contributed by atoms with Crippen LogP contribution in [-0.4, -0.2) is 29.6 Å². The predicted octanol–water partition coefficient (Wildman–Crippen LogP) is 1.35. The third-order valence-electron chi connectivity index (χ3n) is 1.52. The van der Waals surface area contributed by atoms with Gasteiger partial charge in [-0.25, -0.2) is 14.8 Å². The molecule has 5 nitrogen and oxygen atoms in total. The van der Waals surface area contributed by atoms with Gasteiger partial charge in [0, 0.05) is 7.05 Å². The summed E-state index contributed by atoms with van der Waals surface area (Å²) >= 11 is 5.75. The van der Waals surface area contributed by atoms with Crippen LogP contribution in [0.5, 0.6) is 0 Å². The third kappa shape index (κ3) is 2.11. The lowest BCUT2D eigenvalue weighted by Gasteiger charge is -2.07. The molecule has 14 heavy (non-hydrogen) atoms. The van der Waals surface area contributed by atoms with Gasteiger partial charge in [-0.1, -0.05) is 11.6 Å². The van der Waals surface area contributed by atoms with Gasteiger partial charge in [0.2, 0.25) is 0 Å². The average Bonchev–Trinajstić information content (AvgIpc) is 2.17. The lowest BCUT2D eigenvalue weighted by Crippen LogP contribution is -2.11. The first-order valence-corrected chi connectivity index (χ1v) is 4.43. The van der Waals surface area contributed by atoms with Crippen molar-refractivity contribution in [1.29, 1.82) is 0 Å². The minimum atomic E-state index is -0.526. The Morgan fingerprint density at radius 1 is 1.64 bits per heavy atom. The van der Waals surface area contributed by atoms with Gasteiger partial charge < -0.3 is 10.1 Å². The van der Waals surface area contributed by atoms with E-state index in [1.807, 2.05) is 0 Å². The van der Waals surface area contributed by atoms with Crippen LogP contribution in [0.1, 0.15) is 17.3 Å². The van der Waals surface area contributed by atoms with E-state index in [4.69, 9.17) is 16.3 Å². The molecule has 0 aliphatic heterocycles. The highest BCUT2D eigenvalue weighted by Gasteiger charge is 2.18. The Morgan fingerprint density at radius 2 is 2.36 bits per heavy atom. The van der Waals surface area contributed by atoms with Crippen molar-refractivity contribution in [2.45, 2.75) is 6.92 Å². The van der Waals surface area contributed by atoms with Gasteiger partial charge in [0.05, 0.1) is 6.61 Å². The maximum absolute atomic E-state index is 11.4. The highest BCUT2D eigenvalue weighted by molar-refractivity contribution is 6.33. The molecule has 0 spiro atoms. The number of carbonyl (C=O) groups is 1. The second-order valence-corrected chi connectivity index (χ2v) is 2.72. The molecule has 0 amide bonds. The second kappa shape index (κ2) is 4.76. The van der Waals surface area contributed by atoms with Crippen LogP contribution in [0.15, 0.2) is 6.33 Å². The van der Waals surface area contributed by atoms with Crippen LogP contribution >= 0.6 is 11.6 Å². The summed E-state index contributed by atoms with van der Waals surface area (Å²) in [6, 6.07) is 0. The van der Waals surface area contributed by atoms with Crippen molar-refractivity contribution in [2.24, 2.45) is 0 Å². The largest absolute Gasteiger partial charge is 0.462 e. The van der Waals surface area contributed by atoms with E-state index in [0.717, 1.165) is 0 Å². The molecule has 0 aliphatic rings. The minimum Gasteiger partial charge on any atom is -0.462 e. The molecule has 6 heteroatoms. The smallest absolute Gasteiger partial charge is 0.345 e. The van der Waals surface area contributed by atoms with Crippen LogP contribution in [0, 0.1) is 0 Å². The van der Waals surface area contributed by atoms with Gasteiger partial charge in [-0.05, 0) is 6.92 Å². The molecule has 76 valence electrons. The molecule has 0 fully saturated rings. The minimum absolute atomic E-state index is 0.0859. The predicted molar refractivity (Wildman–Crippen MR) is 52.5 cm³/mol. The normalized spacial score (nSPS) is 9.64. The summed E-state index contributed by atoms with van der Waals surface area (Å²) in [7, 11) is 1.64. The SMILES string of the molecule is CCOC(=O)c1c(Cl)ncnc1NC. The number of hydrogen-bond donors (Lipinski definition) is 1. The number of hydrogen-bond acceptors (Lipinski definition) is 5. The van der Waals surface area contributed by atoms with E-state index in [-0.39, 0.29) is 17.3 Å². The van der Waals surface area contributed by atoms with Crippen molar-refractivity contribution in [3.63, 3.8) is 0 Å². The van der Waals surface area contributed by atoms with Gasteiger partial charge in [0.1, 0.15) is 22.9 Å². The second-order valence-electron chi connectivity index (χ2n) is 2.36. The molecule has 0 saturated carbocycles. The fourth-order valence-electron chi connectivity index (χ4n) is 0.938. The molecular weight excluding hydrogens is 206 g/mol. The lowest BCUT2D eigenvalue weighted by molar-refractivity contribution is 0.0527. The quantitative estimate of drug-likeness (QED) is 0.609. The molecule has 0 aromatic carbocycles. The summed E-state index contributed by atoms with van der Waals surface area (Å²) in [4.78, 5) is 19.0. The number of ether oxygens (including phenoxy) is 1. The van der Waals surface area contributed by atoms with Crippen molar-refractivity contribution in [3.8, 4) is 0 Å². The molecule has 0 atom stereocenters. The fraction of sp³-hybridized carbons (Fsp3) is 0.375. The van der Waals surface area contributed by atoms with E-state index in [2.05, 4.69) is 15.3 Å². The van der Waals surface area contributed by atoms with Crippen molar-refractivity contribution in [1.82, 2.24) is 9.97 Å². The van der Waals surface area contributed by atoms with Crippen molar-refractivity contribution in [2.75, 3.05) is 19.0 Å². The van der Waals surface area contributed by atoms with Gasteiger partial charge in [0.15, 0.2) is 0 Å². The van der Waals surface area contributed by atoms with Gasteiger partial charge in [-0.15, -0.1) is 0 Å². The van der Waals surface area contributed by atoms with Crippen molar-refractivity contribution < 1.29 is 9.53 Å². The molecule has 0 saturated heterocycles. The number of nitrogens with one attached hydrogen (secondary N) is 1. The van der Waals surface area contributed by atoms with E-state index in [9.17, 15) is 4.79 Å². The number of esters is 1. The maximum Gasteiger partial charge on any atom is 0.345 e. The van der Waals surface area contributed by atoms with Gasteiger partial charge in [-0.2, -0.15) is 0 Å². The molecule has 0 radical (unpaired) electrons. The van der Waals surface area contributed by atoms with Crippen LogP contribution in [0.25, 0.3) is 0 Å². The number of halogens is 1. The topological polar surface area (TPSA) is 64.1 Å². The van der Waals surface area contributed by atoms with E-state index >= 15 is 0 Å². The van der Waals surface area contributed by atoms with Crippen LogP contribution in [0.3, 0.4) is 0 Å². The number of rotatable bonds is 3. The first-order valence-electron chi connectivity index (χ1n) is 4.06. The molecule has 1 rings (SSSR count). The Hall–Kier alpha value is -1.36. The van der Waals surface area contributed by atoms with Crippen molar-refractivity contribution >= 4 is 23.4 Å². The van der Waals surface area contributed by atoms with Crippen LogP contribution in [-0.2, 0) is 4.74 Å². The van der Waals surface area contributed by atoms with Gasteiger partial charge >= 0.3 is 5.97 Å². The fourth-order valence-corrected chi connectivity index (χ4v) is 1.15. The summed E-state index contributed by atoms with van der Waals surface area (Å²) in [6.45, 7) is 2.00. The zero-order valence-corrected chi connectivity index (χ0v) is 8.63. The molecular formula is C8H10ClN3O2. The number of aromatic nitrogens is 2. The summed E-state index contributed by atoms with van der Waals surface area (Å²) in [5, 5.41) is 2.83. The monoisotopic (exact) mass is 215 g/mol.